The molecule has 7 nitrogen and oxygen atoms in total. The van der Waals surface area contributed by atoms with Crippen molar-refractivity contribution in [3.8, 4) is 0 Å². The van der Waals surface area contributed by atoms with Crippen LogP contribution in [0.25, 0.3) is 11.0 Å². The number of aromatic amines is 1. The number of nitrogens with zero attached hydrogens (tertiary/aromatic N) is 2. The van der Waals surface area contributed by atoms with Crippen LogP contribution < -0.4 is 0 Å². The van der Waals surface area contributed by atoms with Crippen LogP contribution in [0.1, 0.15) is 31.1 Å². The molecule has 0 fully saturated rings. The summed E-state index contributed by atoms with van der Waals surface area (Å²) < 4.78 is 0. The lowest BCUT2D eigenvalue weighted by molar-refractivity contribution is -0.0584. The van der Waals surface area contributed by atoms with Crippen LogP contribution >= 0.6 is 0 Å². The van der Waals surface area contributed by atoms with Crippen molar-refractivity contribution in [2.45, 2.75) is 0 Å². The number of rotatable bonds is 2. The second kappa shape index (κ2) is 4.77. The lowest BCUT2D eigenvalue weighted by Crippen LogP contribution is -2.32. The molecule has 1 N–H and O–H groups in total. The SMILES string of the molecule is O=C(ON1C(=O)c2ccccc2C1=O)c1ccc2nc[nH]c2c1. The van der Waals surface area contributed by atoms with Gasteiger partial charge in [-0.15, -0.1) is 0 Å². The van der Waals surface area contributed by atoms with Gasteiger partial charge in [0.15, 0.2) is 0 Å². The molecule has 3 aromatic rings. The smallest absolute Gasteiger partial charge is 0.345 e. The van der Waals surface area contributed by atoms with Crippen molar-refractivity contribution in [3.05, 3.63) is 65.5 Å². The third kappa shape index (κ3) is 1.98. The first-order valence-electron chi connectivity index (χ1n) is 6.78. The fourth-order valence-corrected chi connectivity index (χ4v) is 2.45. The van der Waals surface area contributed by atoms with Crippen molar-refractivity contribution in [2.24, 2.45) is 0 Å². The highest BCUT2D eigenvalue weighted by molar-refractivity contribution is 6.21. The van der Waals surface area contributed by atoms with E-state index >= 15 is 0 Å². The molecule has 2 heterocycles. The topological polar surface area (TPSA) is 92.4 Å². The van der Waals surface area contributed by atoms with Gasteiger partial charge in [0.2, 0.25) is 0 Å². The van der Waals surface area contributed by atoms with Gasteiger partial charge in [-0.2, -0.15) is 0 Å². The Kier molecular flexibility index (Phi) is 2.74. The van der Waals surface area contributed by atoms with Crippen molar-refractivity contribution in [2.75, 3.05) is 0 Å². The summed E-state index contributed by atoms with van der Waals surface area (Å²) >= 11 is 0. The Morgan fingerprint density at radius 1 is 1.04 bits per heavy atom. The average molecular weight is 307 g/mol. The zero-order valence-corrected chi connectivity index (χ0v) is 11.6. The van der Waals surface area contributed by atoms with Crippen LogP contribution in [-0.4, -0.2) is 32.8 Å². The van der Waals surface area contributed by atoms with Crippen LogP contribution in [0.4, 0.5) is 0 Å². The normalized spacial score (nSPS) is 13.5. The fraction of sp³-hybridized carbons (Fsp3) is 0. The van der Waals surface area contributed by atoms with E-state index < -0.39 is 17.8 Å². The largest absolute Gasteiger partial charge is 0.364 e. The van der Waals surface area contributed by atoms with Crippen LogP contribution in [0, 0.1) is 0 Å². The monoisotopic (exact) mass is 307 g/mol. The first-order valence-corrected chi connectivity index (χ1v) is 6.78. The van der Waals surface area contributed by atoms with Gasteiger partial charge < -0.3 is 9.82 Å². The van der Waals surface area contributed by atoms with Gasteiger partial charge in [0, 0.05) is 0 Å². The van der Waals surface area contributed by atoms with Crippen molar-refractivity contribution < 1.29 is 19.2 Å². The molecule has 0 unspecified atom stereocenters. The molecule has 0 radical (unpaired) electrons. The highest BCUT2D eigenvalue weighted by atomic mass is 16.7. The van der Waals surface area contributed by atoms with Crippen LogP contribution in [0.2, 0.25) is 0 Å². The number of carbonyl (C=O) groups excluding carboxylic acids is 3. The van der Waals surface area contributed by atoms with Crippen LogP contribution in [0.5, 0.6) is 0 Å². The summed E-state index contributed by atoms with van der Waals surface area (Å²) in [6, 6.07) is 11.0. The Balaban J connectivity index is 1.62. The fourth-order valence-electron chi connectivity index (χ4n) is 2.45. The number of imide groups is 1. The number of benzene rings is 2. The zero-order chi connectivity index (χ0) is 16.0. The Morgan fingerprint density at radius 3 is 2.43 bits per heavy atom. The van der Waals surface area contributed by atoms with E-state index in [1.165, 1.54) is 24.5 Å². The molecule has 2 aromatic carbocycles. The van der Waals surface area contributed by atoms with Gasteiger partial charge in [-0.25, -0.2) is 9.78 Å². The summed E-state index contributed by atoms with van der Waals surface area (Å²) in [6.07, 6.45) is 1.50. The Labute approximate surface area is 129 Å². The number of imidazole rings is 1. The minimum absolute atomic E-state index is 0.207. The number of aromatic nitrogens is 2. The van der Waals surface area contributed by atoms with Gasteiger partial charge in [0.25, 0.3) is 11.8 Å². The van der Waals surface area contributed by atoms with Crippen molar-refractivity contribution in [1.29, 1.82) is 0 Å². The summed E-state index contributed by atoms with van der Waals surface area (Å²) in [4.78, 5) is 48.4. The van der Waals surface area contributed by atoms with E-state index in [4.69, 9.17) is 4.84 Å². The van der Waals surface area contributed by atoms with E-state index in [-0.39, 0.29) is 16.7 Å². The summed E-state index contributed by atoms with van der Waals surface area (Å²) in [5, 5.41) is 0.490. The highest BCUT2D eigenvalue weighted by Crippen LogP contribution is 2.23. The lowest BCUT2D eigenvalue weighted by atomic mass is 10.1. The van der Waals surface area contributed by atoms with Gasteiger partial charge in [0.05, 0.1) is 34.1 Å². The van der Waals surface area contributed by atoms with Gasteiger partial charge in [-0.05, 0) is 30.3 Å². The Morgan fingerprint density at radius 2 is 1.74 bits per heavy atom. The van der Waals surface area contributed by atoms with Gasteiger partial charge in [0.1, 0.15) is 0 Å². The molecular weight excluding hydrogens is 298 g/mol. The average Bonchev–Trinajstić information content (AvgIpc) is 3.13. The molecule has 2 amide bonds. The maximum absolute atomic E-state index is 12.2. The molecule has 0 aliphatic carbocycles. The maximum Gasteiger partial charge on any atom is 0.364 e. The van der Waals surface area contributed by atoms with Crippen LogP contribution in [-0.2, 0) is 4.84 Å². The standard InChI is InChI=1S/C16H9N3O4/c20-14-10-3-1-2-4-11(10)15(21)19(14)23-16(22)9-5-6-12-13(7-9)18-8-17-12/h1-8H,(H,17,18). The van der Waals surface area contributed by atoms with Gasteiger partial charge in [-0.1, -0.05) is 17.2 Å². The third-order valence-corrected chi connectivity index (χ3v) is 3.59. The number of hydrogen-bond donors (Lipinski definition) is 1. The summed E-state index contributed by atoms with van der Waals surface area (Å²) in [6.45, 7) is 0. The van der Waals surface area contributed by atoms with Crippen molar-refractivity contribution in [3.63, 3.8) is 0 Å². The molecule has 0 spiro atoms. The molecule has 0 saturated carbocycles. The molecule has 1 aliphatic rings. The summed E-state index contributed by atoms with van der Waals surface area (Å²) in [5.41, 5.74) is 1.99. The zero-order valence-electron chi connectivity index (χ0n) is 11.6. The van der Waals surface area contributed by atoms with Gasteiger partial charge in [-0.3, -0.25) is 9.59 Å². The second-order valence-corrected chi connectivity index (χ2v) is 4.96. The lowest BCUT2D eigenvalue weighted by Gasteiger charge is -2.12. The highest BCUT2D eigenvalue weighted by Gasteiger charge is 2.38. The molecule has 0 bridgehead atoms. The molecule has 23 heavy (non-hydrogen) atoms. The van der Waals surface area contributed by atoms with E-state index in [0.29, 0.717) is 16.1 Å². The Hall–Kier alpha value is -3.48. The summed E-state index contributed by atoms with van der Waals surface area (Å²) in [7, 11) is 0. The first-order chi connectivity index (χ1) is 11.1. The first kappa shape index (κ1) is 13.2. The third-order valence-electron chi connectivity index (χ3n) is 3.59. The Bertz CT molecular complexity index is 941. The van der Waals surface area contributed by atoms with Crippen LogP contribution in [0.15, 0.2) is 48.8 Å². The van der Waals surface area contributed by atoms with Gasteiger partial charge >= 0.3 is 5.97 Å². The van der Waals surface area contributed by atoms with E-state index in [0.717, 1.165) is 0 Å². The van der Waals surface area contributed by atoms with Crippen molar-refractivity contribution in [1.82, 2.24) is 15.0 Å². The molecule has 112 valence electrons. The van der Waals surface area contributed by atoms with E-state index in [9.17, 15) is 14.4 Å². The molecule has 1 aliphatic heterocycles. The minimum atomic E-state index is -0.795. The maximum atomic E-state index is 12.2. The molecule has 7 heteroatoms. The number of hydroxylamine groups is 2. The molecule has 1 aromatic heterocycles. The van der Waals surface area contributed by atoms with Crippen LogP contribution in [0.3, 0.4) is 0 Å². The number of carbonyl (C=O) groups is 3. The predicted octanol–water partition coefficient (Wildman–Crippen LogP) is 1.93. The molecule has 0 saturated heterocycles. The van der Waals surface area contributed by atoms with E-state index in [1.807, 2.05) is 0 Å². The quantitative estimate of drug-likeness (QED) is 0.730. The van der Waals surface area contributed by atoms with Crippen molar-refractivity contribution >= 4 is 28.8 Å². The molecule has 4 rings (SSSR count). The second-order valence-electron chi connectivity index (χ2n) is 4.96. The predicted molar refractivity (Wildman–Crippen MR) is 78.5 cm³/mol. The van der Waals surface area contributed by atoms with E-state index in [2.05, 4.69) is 9.97 Å². The number of amides is 2. The summed E-state index contributed by atoms with van der Waals surface area (Å²) in [5.74, 6) is -2.10. The number of nitrogens with one attached hydrogen (secondary N) is 1. The number of hydrogen-bond acceptors (Lipinski definition) is 5. The number of fused-ring (bicyclic) bond motifs is 2. The van der Waals surface area contributed by atoms with E-state index in [1.54, 1.807) is 24.3 Å². The number of H-pyrrole nitrogens is 1. The minimum Gasteiger partial charge on any atom is -0.345 e. The molecular formula is C16H9N3O4. The molecule has 0 atom stereocenters.